The number of nitrogens with zero attached hydrogens (tertiary/aromatic N) is 3. The molecular formula is C21H28IN5. The van der Waals surface area contributed by atoms with Crippen molar-refractivity contribution in [3.05, 3.63) is 66.1 Å². The number of aromatic nitrogens is 2. The number of pyridine rings is 1. The summed E-state index contributed by atoms with van der Waals surface area (Å²) in [6, 6.07) is 16.7. The van der Waals surface area contributed by atoms with E-state index in [4.69, 9.17) is 0 Å². The number of fused-ring (bicyclic) bond motifs is 1. The molecule has 0 fully saturated rings. The van der Waals surface area contributed by atoms with Crippen LogP contribution in [0.2, 0.25) is 0 Å². The Hall–Kier alpha value is -2.09. The molecular weight excluding hydrogens is 449 g/mol. The van der Waals surface area contributed by atoms with E-state index in [1.807, 2.05) is 25.1 Å². The summed E-state index contributed by atoms with van der Waals surface area (Å²) < 4.78 is 2.30. The first-order valence-corrected chi connectivity index (χ1v) is 9.25. The van der Waals surface area contributed by atoms with Gasteiger partial charge in [-0.25, -0.2) is 4.99 Å². The van der Waals surface area contributed by atoms with Gasteiger partial charge in [-0.15, -0.1) is 24.0 Å². The van der Waals surface area contributed by atoms with Gasteiger partial charge in [0.1, 0.15) is 0 Å². The Morgan fingerprint density at radius 1 is 1.07 bits per heavy atom. The van der Waals surface area contributed by atoms with Gasteiger partial charge < -0.3 is 15.2 Å². The van der Waals surface area contributed by atoms with Crippen molar-refractivity contribution < 1.29 is 0 Å². The topological polar surface area (TPSA) is 54.2 Å². The Morgan fingerprint density at radius 3 is 2.74 bits per heavy atom. The van der Waals surface area contributed by atoms with E-state index in [-0.39, 0.29) is 24.0 Å². The molecule has 0 spiro atoms. The standard InChI is InChI=1S/C21H27N5.HI/c1-3-22-21(24-16-19-10-6-8-17(2)25-19)23-13-7-14-26-15-12-18-9-4-5-11-20(18)26;/h4-6,8-12,15H,3,7,13-14,16H2,1-2H3,(H2,22,23,24);1H. The third-order valence-electron chi connectivity index (χ3n) is 4.24. The molecule has 1 aromatic carbocycles. The van der Waals surface area contributed by atoms with Gasteiger partial charge in [-0.1, -0.05) is 24.3 Å². The number of aliphatic imine (C=N–C) groups is 1. The lowest BCUT2D eigenvalue weighted by molar-refractivity contribution is 0.640. The van der Waals surface area contributed by atoms with E-state index in [2.05, 4.69) is 68.6 Å². The minimum Gasteiger partial charge on any atom is -0.357 e. The number of aryl methyl sites for hydroxylation is 2. The number of para-hydroxylation sites is 1. The van der Waals surface area contributed by atoms with Crippen LogP contribution in [0.1, 0.15) is 24.7 Å². The third-order valence-corrected chi connectivity index (χ3v) is 4.24. The molecule has 3 rings (SSSR count). The van der Waals surface area contributed by atoms with Crippen molar-refractivity contribution in [3.63, 3.8) is 0 Å². The molecule has 5 nitrogen and oxygen atoms in total. The predicted octanol–water partition coefficient (Wildman–Crippen LogP) is 4.11. The summed E-state index contributed by atoms with van der Waals surface area (Å²) in [5.41, 5.74) is 3.30. The number of rotatable bonds is 7. The van der Waals surface area contributed by atoms with E-state index in [1.165, 1.54) is 10.9 Å². The van der Waals surface area contributed by atoms with Crippen LogP contribution < -0.4 is 10.6 Å². The zero-order valence-corrected chi connectivity index (χ0v) is 18.3. The van der Waals surface area contributed by atoms with Gasteiger partial charge in [0, 0.05) is 37.0 Å². The average molecular weight is 477 g/mol. The molecule has 0 bridgehead atoms. The maximum absolute atomic E-state index is 4.63. The summed E-state index contributed by atoms with van der Waals surface area (Å²) >= 11 is 0. The monoisotopic (exact) mass is 477 g/mol. The number of nitrogens with one attached hydrogen (secondary N) is 2. The molecule has 0 saturated carbocycles. The molecule has 144 valence electrons. The van der Waals surface area contributed by atoms with Crippen molar-refractivity contribution in [2.24, 2.45) is 4.99 Å². The van der Waals surface area contributed by atoms with Crippen LogP contribution in [-0.2, 0) is 13.1 Å². The second-order valence-corrected chi connectivity index (χ2v) is 6.31. The minimum absolute atomic E-state index is 0. The van der Waals surface area contributed by atoms with Crippen molar-refractivity contribution in [1.82, 2.24) is 20.2 Å². The van der Waals surface area contributed by atoms with Crippen molar-refractivity contribution in [1.29, 1.82) is 0 Å². The zero-order valence-electron chi connectivity index (χ0n) is 16.0. The van der Waals surface area contributed by atoms with Crippen molar-refractivity contribution in [2.45, 2.75) is 33.4 Å². The van der Waals surface area contributed by atoms with Crippen LogP contribution in [-0.4, -0.2) is 28.6 Å². The molecule has 0 aliphatic carbocycles. The number of guanidine groups is 1. The Kier molecular flexibility index (Phi) is 8.57. The summed E-state index contributed by atoms with van der Waals surface area (Å²) in [5, 5.41) is 8.00. The smallest absolute Gasteiger partial charge is 0.191 e. The molecule has 27 heavy (non-hydrogen) atoms. The van der Waals surface area contributed by atoms with Gasteiger partial charge in [0.05, 0.1) is 12.2 Å². The molecule has 0 amide bonds. The first-order chi connectivity index (χ1) is 12.8. The summed E-state index contributed by atoms with van der Waals surface area (Å²) in [7, 11) is 0. The molecule has 0 aliphatic heterocycles. The number of halogens is 1. The van der Waals surface area contributed by atoms with E-state index in [9.17, 15) is 0 Å². The van der Waals surface area contributed by atoms with E-state index < -0.39 is 0 Å². The van der Waals surface area contributed by atoms with Gasteiger partial charge in [-0.05, 0) is 49.9 Å². The van der Waals surface area contributed by atoms with Gasteiger partial charge in [-0.2, -0.15) is 0 Å². The average Bonchev–Trinajstić information content (AvgIpc) is 3.06. The largest absolute Gasteiger partial charge is 0.357 e. The molecule has 0 radical (unpaired) electrons. The maximum Gasteiger partial charge on any atom is 0.191 e. The van der Waals surface area contributed by atoms with Gasteiger partial charge >= 0.3 is 0 Å². The summed E-state index contributed by atoms with van der Waals surface area (Å²) in [6.07, 6.45) is 3.19. The highest BCUT2D eigenvalue weighted by Gasteiger charge is 2.01. The first-order valence-electron chi connectivity index (χ1n) is 9.25. The molecule has 0 unspecified atom stereocenters. The van der Waals surface area contributed by atoms with Crippen molar-refractivity contribution in [3.8, 4) is 0 Å². The molecule has 0 atom stereocenters. The highest BCUT2D eigenvalue weighted by atomic mass is 127. The van der Waals surface area contributed by atoms with Gasteiger partial charge in [0.25, 0.3) is 0 Å². The quantitative estimate of drug-likeness (QED) is 0.233. The third kappa shape index (κ3) is 6.23. The lowest BCUT2D eigenvalue weighted by atomic mass is 10.2. The fourth-order valence-electron chi connectivity index (χ4n) is 2.98. The summed E-state index contributed by atoms with van der Waals surface area (Å²) in [4.78, 5) is 9.13. The first kappa shape index (κ1) is 21.2. The molecule has 3 aromatic rings. The van der Waals surface area contributed by atoms with Crippen LogP contribution in [0.5, 0.6) is 0 Å². The number of benzene rings is 1. The fourth-order valence-corrected chi connectivity index (χ4v) is 2.98. The van der Waals surface area contributed by atoms with E-state index in [1.54, 1.807) is 0 Å². The van der Waals surface area contributed by atoms with Gasteiger partial charge in [0.2, 0.25) is 0 Å². The predicted molar refractivity (Wildman–Crippen MR) is 124 cm³/mol. The Balaban J connectivity index is 0.00000261. The van der Waals surface area contributed by atoms with Crippen molar-refractivity contribution >= 4 is 40.8 Å². The zero-order chi connectivity index (χ0) is 18.2. The second kappa shape index (κ2) is 10.9. The summed E-state index contributed by atoms with van der Waals surface area (Å²) in [5.74, 6) is 0.841. The number of hydrogen-bond acceptors (Lipinski definition) is 2. The van der Waals surface area contributed by atoms with E-state index in [0.717, 1.165) is 43.4 Å². The van der Waals surface area contributed by atoms with Crippen LogP contribution in [0.15, 0.2) is 59.7 Å². The SMILES string of the molecule is CCNC(=NCc1cccc(C)n1)NCCCn1ccc2ccccc21.I. The van der Waals surface area contributed by atoms with Crippen LogP contribution in [0.4, 0.5) is 0 Å². The van der Waals surface area contributed by atoms with E-state index >= 15 is 0 Å². The van der Waals surface area contributed by atoms with Crippen LogP contribution in [0.25, 0.3) is 10.9 Å². The highest BCUT2D eigenvalue weighted by Crippen LogP contribution is 2.15. The molecule has 0 saturated heterocycles. The fraction of sp³-hybridized carbons (Fsp3) is 0.333. The molecule has 0 aliphatic rings. The molecule has 2 heterocycles. The van der Waals surface area contributed by atoms with Crippen LogP contribution in [0, 0.1) is 6.92 Å². The van der Waals surface area contributed by atoms with Gasteiger partial charge in [-0.3, -0.25) is 4.98 Å². The highest BCUT2D eigenvalue weighted by molar-refractivity contribution is 14.0. The molecule has 2 N–H and O–H groups in total. The number of hydrogen-bond donors (Lipinski definition) is 2. The lowest BCUT2D eigenvalue weighted by Crippen LogP contribution is -2.38. The van der Waals surface area contributed by atoms with Gasteiger partial charge in [0.15, 0.2) is 5.96 Å². The van der Waals surface area contributed by atoms with Crippen LogP contribution in [0.3, 0.4) is 0 Å². The Labute approximate surface area is 178 Å². The normalized spacial score (nSPS) is 11.3. The van der Waals surface area contributed by atoms with E-state index in [0.29, 0.717) is 6.54 Å². The summed E-state index contributed by atoms with van der Waals surface area (Å²) in [6.45, 7) is 7.36. The lowest BCUT2D eigenvalue weighted by Gasteiger charge is -2.12. The van der Waals surface area contributed by atoms with Crippen LogP contribution >= 0.6 is 24.0 Å². The second-order valence-electron chi connectivity index (χ2n) is 6.31. The Bertz CT molecular complexity index is 872. The molecule has 6 heteroatoms. The van der Waals surface area contributed by atoms with Crippen molar-refractivity contribution in [2.75, 3.05) is 13.1 Å². The Morgan fingerprint density at radius 2 is 1.93 bits per heavy atom. The molecule has 2 aromatic heterocycles. The maximum atomic E-state index is 4.63. The minimum atomic E-state index is 0.